The SMILES string of the molecule is COc1cc(OC)c(CN2C[C@@H]3CCC[C@@]3(C(=O)O)C2)c(OC)c1. The lowest BCUT2D eigenvalue weighted by atomic mass is 9.81. The van der Waals surface area contributed by atoms with Gasteiger partial charge in [-0.2, -0.15) is 0 Å². The number of carboxylic acid groups (broad SMARTS) is 1. The van der Waals surface area contributed by atoms with E-state index in [-0.39, 0.29) is 5.92 Å². The van der Waals surface area contributed by atoms with E-state index in [0.717, 1.165) is 31.4 Å². The van der Waals surface area contributed by atoms with E-state index in [1.165, 1.54) is 0 Å². The third-order valence-corrected chi connectivity index (χ3v) is 5.57. The molecule has 0 spiro atoms. The first-order valence-corrected chi connectivity index (χ1v) is 8.28. The first-order chi connectivity index (χ1) is 11.5. The van der Waals surface area contributed by atoms with Crippen molar-refractivity contribution in [3.63, 3.8) is 0 Å². The molecule has 1 aromatic carbocycles. The Labute approximate surface area is 142 Å². The van der Waals surface area contributed by atoms with Crippen LogP contribution < -0.4 is 14.2 Å². The minimum Gasteiger partial charge on any atom is -0.496 e. The molecule has 132 valence electrons. The molecule has 1 aliphatic carbocycles. The van der Waals surface area contributed by atoms with Gasteiger partial charge in [-0.05, 0) is 18.8 Å². The number of carboxylic acids is 1. The van der Waals surface area contributed by atoms with E-state index < -0.39 is 11.4 Å². The zero-order chi connectivity index (χ0) is 17.3. The van der Waals surface area contributed by atoms with Crippen molar-refractivity contribution in [2.75, 3.05) is 34.4 Å². The fourth-order valence-corrected chi connectivity index (χ4v) is 4.32. The van der Waals surface area contributed by atoms with Crippen molar-refractivity contribution in [1.82, 2.24) is 4.90 Å². The number of ether oxygens (including phenoxy) is 3. The summed E-state index contributed by atoms with van der Waals surface area (Å²) in [5, 5.41) is 9.74. The summed E-state index contributed by atoms with van der Waals surface area (Å²) in [6.45, 7) is 2.01. The first-order valence-electron chi connectivity index (χ1n) is 8.28. The molecule has 1 saturated carbocycles. The van der Waals surface area contributed by atoms with Crippen LogP contribution in [0.2, 0.25) is 0 Å². The summed E-state index contributed by atoms with van der Waals surface area (Å²) in [6, 6.07) is 3.67. The largest absolute Gasteiger partial charge is 0.496 e. The molecule has 6 nitrogen and oxygen atoms in total. The summed E-state index contributed by atoms with van der Waals surface area (Å²) in [6.07, 6.45) is 2.79. The molecule has 1 saturated heterocycles. The highest BCUT2D eigenvalue weighted by atomic mass is 16.5. The second-order valence-electron chi connectivity index (χ2n) is 6.73. The number of likely N-dealkylation sites (tertiary alicyclic amines) is 1. The lowest BCUT2D eigenvalue weighted by Crippen LogP contribution is -2.35. The van der Waals surface area contributed by atoms with Gasteiger partial charge in [0.05, 0.1) is 32.3 Å². The Balaban J connectivity index is 1.86. The molecule has 0 amide bonds. The fourth-order valence-electron chi connectivity index (χ4n) is 4.32. The first kappa shape index (κ1) is 16.9. The van der Waals surface area contributed by atoms with Gasteiger partial charge in [0.25, 0.3) is 0 Å². The Kier molecular flexibility index (Phi) is 4.58. The van der Waals surface area contributed by atoms with Crippen LogP contribution in [-0.4, -0.2) is 50.4 Å². The molecule has 0 aromatic heterocycles. The highest BCUT2D eigenvalue weighted by Crippen LogP contribution is 2.49. The van der Waals surface area contributed by atoms with Crippen molar-refractivity contribution in [2.45, 2.75) is 25.8 Å². The molecule has 3 rings (SSSR count). The number of aliphatic carboxylic acids is 1. The van der Waals surface area contributed by atoms with Crippen molar-refractivity contribution in [3.8, 4) is 17.2 Å². The monoisotopic (exact) mass is 335 g/mol. The molecular formula is C18H25NO5. The number of hydrogen-bond donors (Lipinski definition) is 1. The number of carbonyl (C=O) groups is 1. The van der Waals surface area contributed by atoms with Gasteiger partial charge >= 0.3 is 5.97 Å². The predicted octanol–water partition coefficient (Wildman–Crippen LogP) is 2.40. The van der Waals surface area contributed by atoms with Gasteiger partial charge in [0.1, 0.15) is 17.2 Å². The van der Waals surface area contributed by atoms with Gasteiger partial charge in [0.15, 0.2) is 0 Å². The molecule has 2 atom stereocenters. The highest BCUT2D eigenvalue weighted by Gasteiger charge is 2.54. The third-order valence-electron chi connectivity index (χ3n) is 5.57. The van der Waals surface area contributed by atoms with Crippen molar-refractivity contribution in [1.29, 1.82) is 0 Å². The molecule has 1 aliphatic heterocycles. The summed E-state index contributed by atoms with van der Waals surface area (Å²) in [4.78, 5) is 14.1. The molecule has 0 unspecified atom stereocenters. The van der Waals surface area contributed by atoms with Gasteiger partial charge in [-0.25, -0.2) is 0 Å². The molecule has 0 bridgehead atoms. The van der Waals surface area contributed by atoms with Crippen LogP contribution in [0.5, 0.6) is 17.2 Å². The minimum atomic E-state index is -0.652. The quantitative estimate of drug-likeness (QED) is 0.861. The Morgan fingerprint density at radius 1 is 1.25 bits per heavy atom. The second kappa shape index (κ2) is 6.51. The average Bonchev–Trinajstić information content (AvgIpc) is 3.12. The van der Waals surface area contributed by atoms with Crippen LogP contribution in [0.4, 0.5) is 0 Å². The summed E-state index contributed by atoms with van der Waals surface area (Å²) in [7, 11) is 4.84. The summed E-state index contributed by atoms with van der Waals surface area (Å²) >= 11 is 0. The Morgan fingerprint density at radius 2 is 1.92 bits per heavy atom. The molecule has 1 N–H and O–H groups in total. The second-order valence-corrected chi connectivity index (χ2v) is 6.73. The van der Waals surface area contributed by atoms with Gasteiger partial charge in [-0.15, -0.1) is 0 Å². The normalized spacial score (nSPS) is 26.2. The molecule has 2 aliphatic rings. The van der Waals surface area contributed by atoms with Crippen LogP contribution in [0.3, 0.4) is 0 Å². The van der Waals surface area contributed by atoms with E-state index in [1.54, 1.807) is 21.3 Å². The fraction of sp³-hybridized carbons (Fsp3) is 0.611. The lowest BCUT2D eigenvalue weighted by Gasteiger charge is -2.24. The van der Waals surface area contributed by atoms with Gasteiger partial charge in [-0.1, -0.05) is 6.42 Å². The maximum atomic E-state index is 11.8. The standard InChI is InChI=1S/C18H25NO5/c1-22-13-7-15(23-2)14(16(8-13)24-3)10-19-9-12-5-4-6-18(12,11-19)17(20)21/h7-8,12H,4-6,9-11H2,1-3H3,(H,20,21)/t12-,18+/m0/s1. The minimum absolute atomic E-state index is 0.241. The molecule has 1 heterocycles. The van der Waals surface area contributed by atoms with Crippen LogP contribution >= 0.6 is 0 Å². The zero-order valence-corrected chi connectivity index (χ0v) is 14.5. The van der Waals surface area contributed by atoms with Gasteiger partial charge in [-0.3, -0.25) is 9.69 Å². The summed E-state index contributed by atoms with van der Waals surface area (Å²) in [5.74, 6) is 1.67. The van der Waals surface area contributed by atoms with Crippen molar-refractivity contribution >= 4 is 5.97 Å². The van der Waals surface area contributed by atoms with Crippen LogP contribution in [-0.2, 0) is 11.3 Å². The maximum absolute atomic E-state index is 11.8. The molecule has 6 heteroatoms. The number of methoxy groups -OCH3 is 3. The number of benzene rings is 1. The maximum Gasteiger partial charge on any atom is 0.311 e. The van der Waals surface area contributed by atoms with Gasteiger partial charge in [0, 0.05) is 31.8 Å². The highest BCUT2D eigenvalue weighted by molar-refractivity contribution is 5.76. The molecule has 2 fully saturated rings. The topological polar surface area (TPSA) is 68.2 Å². The molecule has 24 heavy (non-hydrogen) atoms. The summed E-state index contributed by atoms with van der Waals surface area (Å²) in [5.41, 5.74) is 0.355. The van der Waals surface area contributed by atoms with Crippen molar-refractivity contribution < 1.29 is 24.1 Å². The van der Waals surface area contributed by atoms with Crippen molar-refractivity contribution in [3.05, 3.63) is 17.7 Å². The van der Waals surface area contributed by atoms with E-state index in [4.69, 9.17) is 14.2 Å². The zero-order valence-electron chi connectivity index (χ0n) is 14.5. The van der Waals surface area contributed by atoms with Crippen LogP contribution in [0, 0.1) is 11.3 Å². The van der Waals surface area contributed by atoms with Gasteiger partial charge < -0.3 is 19.3 Å². The Bertz CT molecular complexity index is 607. The number of rotatable bonds is 6. The lowest BCUT2D eigenvalue weighted by molar-refractivity contribution is -0.149. The molecule has 1 aromatic rings. The van der Waals surface area contributed by atoms with Crippen LogP contribution in [0.25, 0.3) is 0 Å². The third kappa shape index (κ3) is 2.69. The van der Waals surface area contributed by atoms with E-state index in [2.05, 4.69) is 4.90 Å². The molecular weight excluding hydrogens is 310 g/mol. The number of nitrogens with zero attached hydrogens (tertiary/aromatic N) is 1. The predicted molar refractivity (Wildman–Crippen MR) is 88.8 cm³/mol. The van der Waals surface area contributed by atoms with Crippen molar-refractivity contribution in [2.24, 2.45) is 11.3 Å². The van der Waals surface area contributed by atoms with E-state index in [1.807, 2.05) is 12.1 Å². The van der Waals surface area contributed by atoms with E-state index in [0.29, 0.717) is 30.3 Å². The summed E-state index contributed by atoms with van der Waals surface area (Å²) < 4.78 is 16.3. The van der Waals surface area contributed by atoms with Crippen LogP contribution in [0.15, 0.2) is 12.1 Å². The molecule has 0 radical (unpaired) electrons. The van der Waals surface area contributed by atoms with E-state index in [9.17, 15) is 9.90 Å². The smallest absolute Gasteiger partial charge is 0.311 e. The number of hydrogen-bond acceptors (Lipinski definition) is 5. The Morgan fingerprint density at radius 3 is 2.42 bits per heavy atom. The number of fused-ring (bicyclic) bond motifs is 1. The van der Waals surface area contributed by atoms with E-state index >= 15 is 0 Å². The van der Waals surface area contributed by atoms with Gasteiger partial charge in [0.2, 0.25) is 0 Å². The Hall–Kier alpha value is -1.95. The average molecular weight is 335 g/mol. The van der Waals surface area contributed by atoms with Crippen LogP contribution in [0.1, 0.15) is 24.8 Å².